The van der Waals surface area contributed by atoms with Crippen LogP contribution in [0.1, 0.15) is 25.3 Å². The van der Waals surface area contributed by atoms with Gasteiger partial charge in [0.2, 0.25) is 10.0 Å². The van der Waals surface area contributed by atoms with E-state index in [0.717, 1.165) is 37.2 Å². The smallest absolute Gasteiger partial charge is 0.243 e. The number of anilines is 1. The van der Waals surface area contributed by atoms with Gasteiger partial charge in [-0.1, -0.05) is 0 Å². The van der Waals surface area contributed by atoms with Crippen molar-refractivity contribution in [3.63, 3.8) is 0 Å². The lowest BCUT2D eigenvalue weighted by molar-refractivity contribution is 0.477. The Hall–Kier alpha value is -1.86. The van der Waals surface area contributed by atoms with Crippen molar-refractivity contribution in [3.8, 4) is 0 Å². The highest BCUT2D eigenvalue weighted by Gasteiger charge is 2.26. The second-order valence-electron chi connectivity index (χ2n) is 6.17. The van der Waals surface area contributed by atoms with Crippen LogP contribution in [0.25, 0.3) is 0 Å². The third-order valence-electron chi connectivity index (χ3n) is 4.41. The van der Waals surface area contributed by atoms with E-state index in [1.807, 2.05) is 36.3 Å². The maximum atomic E-state index is 12.5. The van der Waals surface area contributed by atoms with E-state index in [0.29, 0.717) is 18.0 Å². The Morgan fingerprint density at radius 1 is 1.17 bits per heavy atom. The first-order valence-corrected chi connectivity index (χ1v) is 9.77. The molecular weight excluding hydrogens is 324 g/mol. The summed E-state index contributed by atoms with van der Waals surface area (Å²) in [6.45, 7) is 4.90. The van der Waals surface area contributed by atoms with Gasteiger partial charge in [0, 0.05) is 50.7 Å². The second kappa shape index (κ2) is 6.94. The van der Waals surface area contributed by atoms with Gasteiger partial charge in [-0.2, -0.15) is 9.40 Å². The van der Waals surface area contributed by atoms with E-state index >= 15 is 0 Å². The van der Waals surface area contributed by atoms with E-state index in [4.69, 9.17) is 0 Å². The van der Waals surface area contributed by atoms with Gasteiger partial charge in [-0.15, -0.1) is 0 Å². The second-order valence-corrected chi connectivity index (χ2v) is 8.10. The van der Waals surface area contributed by atoms with Crippen LogP contribution in [0.4, 0.5) is 5.69 Å². The first kappa shape index (κ1) is 17.0. The van der Waals surface area contributed by atoms with Crippen LogP contribution in [0.5, 0.6) is 0 Å². The minimum Gasteiger partial charge on any atom is -0.370 e. The van der Waals surface area contributed by atoms with Crippen molar-refractivity contribution < 1.29 is 8.42 Å². The highest BCUT2D eigenvalue weighted by Crippen LogP contribution is 2.23. The number of hydrogen-bond acceptors (Lipinski definition) is 4. The van der Waals surface area contributed by atoms with E-state index < -0.39 is 10.0 Å². The quantitative estimate of drug-likeness (QED) is 0.804. The van der Waals surface area contributed by atoms with Crippen LogP contribution in [-0.4, -0.2) is 42.6 Å². The van der Waals surface area contributed by atoms with Crippen LogP contribution in [0, 0.1) is 0 Å². The molecule has 24 heavy (non-hydrogen) atoms. The summed E-state index contributed by atoms with van der Waals surface area (Å²) in [5.74, 6) is 0. The molecule has 1 aromatic carbocycles. The van der Waals surface area contributed by atoms with Crippen LogP contribution >= 0.6 is 0 Å². The van der Waals surface area contributed by atoms with Crippen LogP contribution < -0.4 is 4.90 Å². The molecule has 0 unspecified atom stereocenters. The Bertz CT molecular complexity index is 777. The fourth-order valence-corrected chi connectivity index (χ4v) is 4.49. The number of aryl methyl sites for hydroxylation is 1. The van der Waals surface area contributed by atoms with E-state index in [2.05, 4.69) is 16.9 Å². The molecule has 6 nitrogen and oxygen atoms in total. The molecule has 0 aliphatic carbocycles. The molecule has 1 fully saturated rings. The zero-order chi connectivity index (χ0) is 17.2. The molecule has 1 aliphatic heterocycles. The number of rotatable bonds is 6. The van der Waals surface area contributed by atoms with Gasteiger partial charge < -0.3 is 4.90 Å². The highest BCUT2D eigenvalue weighted by molar-refractivity contribution is 7.89. The Morgan fingerprint density at radius 3 is 2.42 bits per heavy atom. The lowest BCUT2D eigenvalue weighted by atomic mass is 10.2. The molecular formula is C17H24N4O2S. The maximum Gasteiger partial charge on any atom is 0.243 e. The SMILES string of the molecule is CCn1cc(CN(C)c2ccc(S(=O)(=O)N3CCCC3)cc2)cn1. The van der Waals surface area contributed by atoms with Crippen molar-refractivity contribution in [1.82, 2.24) is 14.1 Å². The Morgan fingerprint density at radius 2 is 1.83 bits per heavy atom. The number of sulfonamides is 1. The molecule has 2 heterocycles. The predicted molar refractivity (Wildman–Crippen MR) is 94.4 cm³/mol. The lowest BCUT2D eigenvalue weighted by Gasteiger charge is -2.20. The summed E-state index contributed by atoms with van der Waals surface area (Å²) in [5, 5.41) is 4.28. The van der Waals surface area contributed by atoms with Crippen molar-refractivity contribution in [2.45, 2.75) is 37.8 Å². The Kier molecular flexibility index (Phi) is 4.91. The summed E-state index contributed by atoms with van der Waals surface area (Å²) in [5.41, 5.74) is 2.12. The van der Waals surface area contributed by atoms with Gasteiger partial charge in [0.15, 0.2) is 0 Å². The van der Waals surface area contributed by atoms with Gasteiger partial charge in [-0.25, -0.2) is 8.42 Å². The summed E-state index contributed by atoms with van der Waals surface area (Å²) in [6, 6.07) is 7.14. The summed E-state index contributed by atoms with van der Waals surface area (Å²) in [7, 11) is -1.35. The lowest BCUT2D eigenvalue weighted by Crippen LogP contribution is -2.27. The normalized spacial score (nSPS) is 15.8. The predicted octanol–water partition coefficient (Wildman–Crippen LogP) is 2.32. The zero-order valence-corrected chi connectivity index (χ0v) is 15.0. The van der Waals surface area contributed by atoms with Gasteiger partial charge >= 0.3 is 0 Å². The number of nitrogens with zero attached hydrogens (tertiary/aromatic N) is 4. The molecule has 0 N–H and O–H groups in total. The first-order chi connectivity index (χ1) is 11.5. The van der Waals surface area contributed by atoms with Crippen molar-refractivity contribution in [1.29, 1.82) is 0 Å². The number of benzene rings is 1. The molecule has 0 spiro atoms. The Labute approximate surface area is 143 Å². The molecule has 0 atom stereocenters. The first-order valence-electron chi connectivity index (χ1n) is 8.33. The van der Waals surface area contributed by atoms with Crippen molar-refractivity contribution >= 4 is 15.7 Å². The fourth-order valence-electron chi connectivity index (χ4n) is 2.98. The molecule has 0 radical (unpaired) electrons. The minimum absolute atomic E-state index is 0.375. The molecule has 7 heteroatoms. The molecule has 0 amide bonds. The molecule has 1 saturated heterocycles. The number of aromatic nitrogens is 2. The van der Waals surface area contributed by atoms with E-state index in [-0.39, 0.29) is 0 Å². The molecule has 1 aliphatic rings. The summed E-state index contributed by atoms with van der Waals surface area (Å²) in [4.78, 5) is 2.46. The summed E-state index contributed by atoms with van der Waals surface area (Å²) >= 11 is 0. The molecule has 2 aromatic rings. The topological polar surface area (TPSA) is 58.4 Å². The zero-order valence-electron chi connectivity index (χ0n) is 14.2. The van der Waals surface area contributed by atoms with Gasteiger partial charge in [0.25, 0.3) is 0 Å². The van der Waals surface area contributed by atoms with Gasteiger partial charge in [0.1, 0.15) is 0 Å². The van der Waals surface area contributed by atoms with E-state index in [1.54, 1.807) is 16.4 Å². The average molecular weight is 348 g/mol. The molecule has 3 rings (SSSR count). The van der Waals surface area contributed by atoms with Gasteiger partial charge in [0.05, 0.1) is 11.1 Å². The highest BCUT2D eigenvalue weighted by atomic mass is 32.2. The van der Waals surface area contributed by atoms with Gasteiger partial charge in [-0.3, -0.25) is 4.68 Å². The summed E-state index contributed by atoms with van der Waals surface area (Å²) in [6.07, 6.45) is 5.80. The Balaban J connectivity index is 1.71. The van der Waals surface area contributed by atoms with Crippen LogP contribution in [0.3, 0.4) is 0 Å². The van der Waals surface area contributed by atoms with Crippen molar-refractivity contribution in [2.75, 3.05) is 25.0 Å². The van der Waals surface area contributed by atoms with Gasteiger partial charge in [-0.05, 0) is 44.0 Å². The van der Waals surface area contributed by atoms with E-state index in [9.17, 15) is 8.42 Å². The van der Waals surface area contributed by atoms with Crippen molar-refractivity contribution in [2.24, 2.45) is 0 Å². The monoisotopic (exact) mass is 348 g/mol. The van der Waals surface area contributed by atoms with E-state index in [1.165, 1.54) is 0 Å². The standard InChI is InChI=1S/C17H24N4O2S/c1-3-20-14-15(12-18-20)13-19(2)16-6-8-17(9-7-16)24(22,23)21-10-4-5-11-21/h6-9,12,14H,3-5,10-11,13H2,1-2H3. The molecule has 0 saturated carbocycles. The summed E-state index contributed by atoms with van der Waals surface area (Å²) < 4.78 is 28.6. The number of hydrogen-bond donors (Lipinski definition) is 0. The fraction of sp³-hybridized carbons (Fsp3) is 0.471. The molecule has 0 bridgehead atoms. The van der Waals surface area contributed by atoms with Crippen molar-refractivity contribution in [3.05, 3.63) is 42.2 Å². The third kappa shape index (κ3) is 3.47. The largest absolute Gasteiger partial charge is 0.370 e. The molecule has 1 aromatic heterocycles. The van der Waals surface area contributed by atoms with Crippen LogP contribution in [0.2, 0.25) is 0 Å². The third-order valence-corrected chi connectivity index (χ3v) is 6.32. The van der Waals surface area contributed by atoms with Crippen LogP contribution in [-0.2, 0) is 23.1 Å². The average Bonchev–Trinajstić information content (AvgIpc) is 3.27. The molecule has 130 valence electrons. The maximum absolute atomic E-state index is 12.5. The van der Waals surface area contributed by atoms with Crippen LogP contribution in [0.15, 0.2) is 41.6 Å². The minimum atomic E-state index is -3.34.